The minimum Gasteiger partial charge on any atom is -0.361 e. The van der Waals surface area contributed by atoms with Gasteiger partial charge in [-0.3, -0.25) is 9.89 Å². The molecule has 19 heavy (non-hydrogen) atoms. The highest BCUT2D eigenvalue weighted by Crippen LogP contribution is 2.22. The second kappa shape index (κ2) is 5.26. The predicted octanol–water partition coefficient (Wildman–Crippen LogP) is 1.86. The Bertz CT molecular complexity index is 566. The van der Waals surface area contributed by atoms with Crippen LogP contribution in [-0.2, 0) is 0 Å². The van der Waals surface area contributed by atoms with E-state index in [0.29, 0.717) is 12.2 Å². The van der Waals surface area contributed by atoms with Gasteiger partial charge in [-0.2, -0.15) is 5.10 Å². The van der Waals surface area contributed by atoms with Crippen molar-refractivity contribution in [1.82, 2.24) is 20.7 Å². The lowest BCUT2D eigenvalue weighted by molar-refractivity contribution is 0.0946. The summed E-state index contributed by atoms with van der Waals surface area (Å²) in [6.45, 7) is 8.19. The van der Waals surface area contributed by atoms with Gasteiger partial charge in [-0.15, -0.1) is 0 Å². The molecule has 6 heteroatoms. The number of carbonyl (C=O) groups is 1. The zero-order valence-electron chi connectivity index (χ0n) is 11.6. The van der Waals surface area contributed by atoms with Crippen molar-refractivity contribution in [2.75, 3.05) is 6.54 Å². The van der Waals surface area contributed by atoms with Crippen LogP contribution in [0.5, 0.6) is 0 Å². The molecule has 0 saturated carbocycles. The lowest BCUT2D eigenvalue weighted by Crippen LogP contribution is -2.28. The number of hydrogen-bond donors (Lipinski definition) is 2. The molecule has 2 rings (SSSR count). The number of carbonyl (C=O) groups excluding carboxylic acids is 1. The third-order valence-electron chi connectivity index (χ3n) is 3.09. The monoisotopic (exact) mass is 262 g/mol. The molecule has 0 aromatic carbocycles. The molecule has 2 aromatic heterocycles. The van der Waals surface area contributed by atoms with Crippen molar-refractivity contribution in [1.29, 1.82) is 0 Å². The van der Waals surface area contributed by atoms with Gasteiger partial charge in [0.05, 0.1) is 5.69 Å². The highest BCUT2D eigenvalue weighted by atomic mass is 16.5. The molecule has 2 heterocycles. The molecule has 0 saturated heterocycles. The lowest BCUT2D eigenvalue weighted by atomic mass is 9.99. The first-order valence-corrected chi connectivity index (χ1v) is 6.22. The predicted molar refractivity (Wildman–Crippen MR) is 70.0 cm³/mol. The number of rotatable bonds is 4. The molecule has 6 nitrogen and oxygen atoms in total. The number of aryl methyl sites for hydroxylation is 3. The Labute approximate surface area is 111 Å². The Morgan fingerprint density at radius 1 is 1.47 bits per heavy atom. The topological polar surface area (TPSA) is 83.8 Å². The maximum atomic E-state index is 11.9. The molecule has 0 aliphatic heterocycles. The van der Waals surface area contributed by atoms with Gasteiger partial charge in [0.15, 0.2) is 0 Å². The molecule has 2 aromatic rings. The van der Waals surface area contributed by atoms with E-state index in [9.17, 15) is 4.79 Å². The standard InChI is InChI=1S/C13H18N4O2/c1-7(12-9(3)17-19-10(12)4)6-14-13(18)11-5-8(2)15-16-11/h5,7H,6H2,1-4H3,(H,14,18)(H,15,16). The first kappa shape index (κ1) is 13.3. The Kier molecular flexibility index (Phi) is 3.69. The molecule has 1 atom stereocenters. The number of H-pyrrole nitrogens is 1. The summed E-state index contributed by atoms with van der Waals surface area (Å²) in [6, 6.07) is 1.72. The van der Waals surface area contributed by atoms with Crippen molar-refractivity contribution < 1.29 is 9.32 Å². The van der Waals surface area contributed by atoms with Crippen LogP contribution in [0.2, 0.25) is 0 Å². The normalized spacial score (nSPS) is 12.4. The van der Waals surface area contributed by atoms with Crippen molar-refractivity contribution in [2.24, 2.45) is 0 Å². The van der Waals surface area contributed by atoms with E-state index in [2.05, 4.69) is 20.7 Å². The third kappa shape index (κ3) is 2.83. The smallest absolute Gasteiger partial charge is 0.271 e. The van der Waals surface area contributed by atoms with E-state index in [1.54, 1.807) is 6.07 Å². The summed E-state index contributed by atoms with van der Waals surface area (Å²) in [4.78, 5) is 11.9. The van der Waals surface area contributed by atoms with E-state index in [0.717, 1.165) is 22.7 Å². The van der Waals surface area contributed by atoms with Gasteiger partial charge in [0.25, 0.3) is 5.91 Å². The Morgan fingerprint density at radius 2 is 2.21 bits per heavy atom. The summed E-state index contributed by atoms with van der Waals surface area (Å²) >= 11 is 0. The van der Waals surface area contributed by atoms with Crippen LogP contribution in [-0.4, -0.2) is 27.8 Å². The van der Waals surface area contributed by atoms with E-state index in [-0.39, 0.29) is 11.8 Å². The van der Waals surface area contributed by atoms with E-state index in [4.69, 9.17) is 4.52 Å². The van der Waals surface area contributed by atoms with Gasteiger partial charge in [-0.05, 0) is 26.8 Å². The maximum Gasteiger partial charge on any atom is 0.271 e. The highest BCUT2D eigenvalue weighted by molar-refractivity contribution is 5.92. The number of nitrogens with one attached hydrogen (secondary N) is 2. The Hall–Kier alpha value is -2.11. The van der Waals surface area contributed by atoms with Gasteiger partial charge < -0.3 is 9.84 Å². The Morgan fingerprint density at radius 3 is 2.74 bits per heavy atom. The van der Waals surface area contributed by atoms with E-state index < -0.39 is 0 Å². The summed E-state index contributed by atoms with van der Waals surface area (Å²) in [5.41, 5.74) is 3.20. The van der Waals surface area contributed by atoms with Crippen LogP contribution in [0.4, 0.5) is 0 Å². The first-order chi connectivity index (χ1) is 8.99. The fourth-order valence-electron chi connectivity index (χ4n) is 2.17. The van der Waals surface area contributed by atoms with E-state index in [1.165, 1.54) is 0 Å². The minimum absolute atomic E-state index is 0.148. The minimum atomic E-state index is -0.178. The molecule has 1 unspecified atom stereocenters. The van der Waals surface area contributed by atoms with Crippen LogP contribution in [0.3, 0.4) is 0 Å². The molecule has 0 spiro atoms. The third-order valence-corrected chi connectivity index (χ3v) is 3.09. The number of nitrogens with zero attached hydrogens (tertiary/aromatic N) is 2. The van der Waals surface area contributed by atoms with Crippen molar-refractivity contribution in [2.45, 2.75) is 33.6 Å². The second-order valence-corrected chi connectivity index (χ2v) is 4.79. The number of hydrogen-bond acceptors (Lipinski definition) is 4. The van der Waals surface area contributed by atoms with Crippen molar-refractivity contribution in [3.63, 3.8) is 0 Å². The van der Waals surface area contributed by atoms with Crippen LogP contribution in [0.25, 0.3) is 0 Å². The van der Waals surface area contributed by atoms with Crippen molar-refractivity contribution >= 4 is 5.91 Å². The second-order valence-electron chi connectivity index (χ2n) is 4.79. The molecule has 0 aliphatic carbocycles. The van der Waals surface area contributed by atoms with Crippen molar-refractivity contribution in [3.8, 4) is 0 Å². The summed E-state index contributed by atoms with van der Waals surface area (Å²) in [5, 5.41) is 13.5. The fraction of sp³-hybridized carbons (Fsp3) is 0.462. The zero-order chi connectivity index (χ0) is 14.0. The first-order valence-electron chi connectivity index (χ1n) is 6.22. The molecule has 102 valence electrons. The van der Waals surface area contributed by atoms with Gasteiger partial charge in [0, 0.05) is 23.7 Å². The molecular formula is C13H18N4O2. The molecule has 0 bridgehead atoms. The summed E-state index contributed by atoms with van der Waals surface area (Å²) in [6.07, 6.45) is 0. The van der Waals surface area contributed by atoms with Gasteiger partial charge in [0.2, 0.25) is 0 Å². The highest BCUT2D eigenvalue weighted by Gasteiger charge is 2.18. The molecule has 0 fully saturated rings. The number of aromatic nitrogens is 3. The van der Waals surface area contributed by atoms with Crippen molar-refractivity contribution in [3.05, 3.63) is 34.5 Å². The maximum absolute atomic E-state index is 11.9. The van der Waals surface area contributed by atoms with Crippen LogP contribution >= 0.6 is 0 Å². The summed E-state index contributed by atoms with van der Waals surface area (Å²) in [7, 11) is 0. The molecule has 2 N–H and O–H groups in total. The summed E-state index contributed by atoms with van der Waals surface area (Å²) < 4.78 is 5.13. The molecule has 0 radical (unpaired) electrons. The van der Waals surface area contributed by atoms with Gasteiger partial charge in [-0.1, -0.05) is 12.1 Å². The van der Waals surface area contributed by atoms with E-state index in [1.807, 2.05) is 27.7 Å². The van der Waals surface area contributed by atoms with Crippen LogP contribution in [0.1, 0.15) is 46.0 Å². The molecule has 0 aliphatic rings. The lowest BCUT2D eigenvalue weighted by Gasteiger charge is -2.11. The van der Waals surface area contributed by atoms with Crippen LogP contribution in [0, 0.1) is 20.8 Å². The fourth-order valence-corrected chi connectivity index (χ4v) is 2.17. The van der Waals surface area contributed by atoms with Crippen LogP contribution in [0.15, 0.2) is 10.6 Å². The Balaban J connectivity index is 1.97. The average molecular weight is 262 g/mol. The average Bonchev–Trinajstić information content (AvgIpc) is 2.93. The van der Waals surface area contributed by atoms with E-state index >= 15 is 0 Å². The summed E-state index contributed by atoms with van der Waals surface area (Å²) in [5.74, 6) is 0.771. The quantitative estimate of drug-likeness (QED) is 0.880. The SMILES string of the molecule is Cc1cc(C(=O)NCC(C)c2c(C)noc2C)n[nH]1. The molecular weight excluding hydrogens is 244 g/mol. The van der Waals surface area contributed by atoms with Crippen LogP contribution < -0.4 is 5.32 Å². The largest absolute Gasteiger partial charge is 0.361 e. The van der Waals surface area contributed by atoms with Gasteiger partial charge in [0.1, 0.15) is 11.5 Å². The zero-order valence-corrected chi connectivity index (χ0v) is 11.6. The van der Waals surface area contributed by atoms with Gasteiger partial charge in [-0.25, -0.2) is 0 Å². The number of aromatic amines is 1. The van der Waals surface area contributed by atoms with Gasteiger partial charge >= 0.3 is 0 Å². The molecule has 1 amide bonds. The number of amides is 1.